The van der Waals surface area contributed by atoms with Crippen LogP contribution in [0.2, 0.25) is 0 Å². The maximum Gasteiger partial charge on any atom is 0.341 e. The minimum atomic E-state index is -1.000. The van der Waals surface area contributed by atoms with Crippen molar-refractivity contribution < 1.29 is 19.4 Å². The molecule has 4 heteroatoms. The lowest BCUT2D eigenvalue weighted by atomic mass is 10.3. The van der Waals surface area contributed by atoms with Crippen molar-refractivity contribution in [1.82, 2.24) is 0 Å². The smallest absolute Gasteiger partial charge is 0.341 e. The minimum Gasteiger partial charge on any atom is -0.490 e. The first-order valence-electron chi connectivity index (χ1n) is 4.80. The van der Waals surface area contributed by atoms with E-state index in [4.69, 9.17) is 14.6 Å². The van der Waals surface area contributed by atoms with Crippen LogP contribution in [0, 0.1) is 0 Å². The van der Waals surface area contributed by atoms with E-state index in [1.807, 2.05) is 13.0 Å². The molecule has 0 heterocycles. The van der Waals surface area contributed by atoms with Gasteiger partial charge in [0, 0.05) is 0 Å². The van der Waals surface area contributed by atoms with Gasteiger partial charge in [-0.25, -0.2) is 4.79 Å². The van der Waals surface area contributed by atoms with Gasteiger partial charge in [0.1, 0.15) is 0 Å². The van der Waals surface area contributed by atoms with E-state index in [-0.39, 0.29) is 6.61 Å². The molecule has 0 spiro atoms. The van der Waals surface area contributed by atoms with Crippen LogP contribution < -0.4 is 9.47 Å². The predicted molar refractivity (Wildman–Crippen MR) is 55.4 cm³/mol. The van der Waals surface area contributed by atoms with Crippen molar-refractivity contribution in [3.63, 3.8) is 0 Å². The fourth-order valence-corrected chi connectivity index (χ4v) is 1.04. The zero-order valence-corrected chi connectivity index (χ0v) is 8.60. The van der Waals surface area contributed by atoms with Crippen LogP contribution in [0.3, 0.4) is 0 Å². The number of hydrogen-bond acceptors (Lipinski definition) is 3. The second-order valence-corrected chi connectivity index (χ2v) is 2.98. The standard InChI is InChI=1S/C11H14O4/c1-2-7-14-9-5-3-4-6-10(9)15-8-11(12)13/h3-6H,2,7-8H2,1H3,(H,12,13). The SMILES string of the molecule is CCCOc1ccccc1OCC(=O)O. The molecule has 15 heavy (non-hydrogen) atoms. The molecule has 0 saturated heterocycles. The molecule has 0 saturated carbocycles. The highest BCUT2D eigenvalue weighted by atomic mass is 16.5. The van der Waals surface area contributed by atoms with E-state index in [1.165, 1.54) is 0 Å². The lowest BCUT2D eigenvalue weighted by Gasteiger charge is -2.10. The molecular formula is C11H14O4. The second kappa shape index (κ2) is 5.90. The molecule has 82 valence electrons. The number of carboxylic acid groups (broad SMARTS) is 1. The highest BCUT2D eigenvalue weighted by Crippen LogP contribution is 2.26. The van der Waals surface area contributed by atoms with E-state index in [9.17, 15) is 4.79 Å². The number of ether oxygens (including phenoxy) is 2. The van der Waals surface area contributed by atoms with E-state index in [2.05, 4.69) is 0 Å². The van der Waals surface area contributed by atoms with Crippen LogP contribution >= 0.6 is 0 Å². The summed E-state index contributed by atoms with van der Waals surface area (Å²) in [7, 11) is 0. The van der Waals surface area contributed by atoms with Crippen molar-refractivity contribution in [2.45, 2.75) is 13.3 Å². The summed E-state index contributed by atoms with van der Waals surface area (Å²) < 4.78 is 10.5. The van der Waals surface area contributed by atoms with Gasteiger partial charge in [0.2, 0.25) is 0 Å². The molecule has 0 atom stereocenters. The second-order valence-electron chi connectivity index (χ2n) is 2.98. The number of para-hydroxylation sites is 2. The van der Waals surface area contributed by atoms with Crippen LogP contribution in [0.25, 0.3) is 0 Å². The first-order chi connectivity index (χ1) is 7.24. The Hall–Kier alpha value is -1.71. The molecule has 0 aliphatic rings. The summed E-state index contributed by atoms with van der Waals surface area (Å²) >= 11 is 0. The molecule has 0 radical (unpaired) electrons. The Balaban J connectivity index is 2.63. The van der Waals surface area contributed by atoms with Gasteiger partial charge in [0.05, 0.1) is 6.61 Å². The summed E-state index contributed by atoms with van der Waals surface area (Å²) in [4.78, 5) is 10.3. The molecule has 1 rings (SSSR count). The van der Waals surface area contributed by atoms with E-state index < -0.39 is 5.97 Å². The van der Waals surface area contributed by atoms with Crippen molar-refractivity contribution in [3.8, 4) is 11.5 Å². The van der Waals surface area contributed by atoms with Gasteiger partial charge in [0.15, 0.2) is 18.1 Å². The van der Waals surface area contributed by atoms with Crippen molar-refractivity contribution >= 4 is 5.97 Å². The van der Waals surface area contributed by atoms with E-state index in [1.54, 1.807) is 18.2 Å². The van der Waals surface area contributed by atoms with Crippen LogP contribution in [-0.4, -0.2) is 24.3 Å². The lowest BCUT2D eigenvalue weighted by molar-refractivity contribution is -0.139. The van der Waals surface area contributed by atoms with Crippen LogP contribution in [0.4, 0.5) is 0 Å². The summed E-state index contributed by atoms with van der Waals surface area (Å²) in [5, 5.41) is 8.48. The van der Waals surface area contributed by atoms with E-state index >= 15 is 0 Å². The lowest BCUT2D eigenvalue weighted by Crippen LogP contribution is -2.10. The normalized spacial score (nSPS) is 9.67. The Morgan fingerprint density at radius 3 is 2.40 bits per heavy atom. The summed E-state index contributed by atoms with van der Waals surface area (Å²) in [5.74, 6) is 0.0502. The Bertz CT molecular complexity index is 322. The Morgan fingerprint density at radius 2 is 1.87 bits per heavy atom. The molecule has 0 bridgehead atoms. The van der Waals surface area contributed by atoms with Gasteiger partial charge in [-0.3, -0.25) is 0 Å². The molecule has 0 aliphatic carbocycles. The molecular weight excluding hydrogens is 196 g/mol. The number of aliphatic carboxylic acids is 1. The Kier molecular flexibility index (Phi) is 4.47. The van der Waals surface area contributed by atoms with Crippen molar-refractivity contribution in [1.29, 1.82) is 0 Å². The molecule has 0 aromatic heterocycles. The van der Waals surface area contributed by atoms with Gasteiger partial charge >= 0.3 is 5.97 Å². The zero-order chi connectivity index (χ0) is 11.1. The van der Waals surface area contributed by atoms with Gasteiger partial charge in [-0.05, 0) is 18.6 Å². The molecule has 0 fully saturated rings. The molecule has 0 aliphatic heterocycles. The number of carboxylic acids is 1. The number of rotatable bonds is 6. The van der Waals surface area contributed by atoms with Gasteiger partial charge < -0.3 is 14.6 Å². The third-order valence-electron chi connectivity index (χ3n) is 1.66. The summed E-state index contributed by atoms with van der Waals surface area (Å²) in [6.07, 6.45) is 0.896. The third kappa shape index (κ3) is 3.89. The molecule has 1 N–H and O–H groups in total. The highest BCUT2D eigenvalue weighted by molar-refractivity contribution is 5.68. The predicted octanol–water partition coefficient (Wildman–Crippen LogP) is 1.94. The minimum absolute atomic E-state index is 0.355. The molecule has 4 nitrogen and oxygen atoms in total. The molecule has 1 aromatic rings. The Labute approximate surface area is 88.4 Å². The van der Waals surface area contributed by atoms with Crippen LogP contribution in [-0.2, 0) is 4.79 Å². The summed E-state index contributed by atoms with van der Waals surface area (Å²) in [6, 6.07) is 7.04. The zero-order valence-electron chi connectivity index (χ0n) is 8.60. The molecule has 0 unspecified atom stereocenters. The largest absolute Gasteiger partial charge is 0.490 e. The monoisotopic (exact) mass is 210 g/mol. The first-order valence-corrected chi connectivity index (χ1v) is 4.80. The highest BCUT2D eigenvalue weighted by Gasteiger charge is 2.05. The Morgan fingerprint density at radius 1 is 1.27 bits per heavy atom. The van der Waals surface area contributed by atoms with E-state index in [0.29, 0.717) is 18.1 Å². The quantitative estimate of drug-likeness (QED) is 0.779. The van der Waals surface area contributed by atoms with E-state index in [0.717, 1.165) is 6.42 Å². The van der Waals surface area contributed by atoms with Gasteiger partial charge in [-0.2, -0.15) is 0 Å². The van der Waals surface area contributed by atoms with Gasteiger partial charge in [0.25, 0.3) is 0 Å². The number of benzene rings is 1. The van der Waals surface area contributed by atoms with Crippen LogP contribution in [0.1, 0.15) is 13.3 Å². The average Bonchev–Trinajstić information content (AvgIpc) is 2.24. The van der Waals surface area contributed by atoms with Gasteiger partial charge in [-0.15, -0.1) is 0 Å². The fourth-order valence-electron chi connectivity index (χ4n) is 1.04. The molecule has 1 aromatic carbocycles. The summed E-state index contributed by atoms with van der Waals surface area (Å²) in [6.45, 7) is 2.24. The average molecular weight is 210 g/mol. The van der Waals surface area contributed by atoms with Crippen molar-refractivity contribution in [2.75, 3.05) is 13.2 Å². The topological polar surface area (TPSA) is 55.8 Å². The number of hydrogen-bond donors (Lipinski definition) is 1. The van der Waals surface area contributed by atoms with Crippen LogP contribution in [0.5, 0.6) is 11.5 Å². The van der Waals surface area contributed by atoms with Gasteiger partial charge in [-0.1, -0.05) is 19.1 Å². The maximum absolute atomic E-state index is 10.3. The first kappa shape index (κ1) is 11.4. The maximum atomic E-state index is 10.3. The van der Waals surface area contributed by atoms with Crippen LogP contribution in [0.15, 0.2) is 24.3 Å². The van der Waals surface area contributed by atoms with Crippen molar-refractivity contribution in [2.24, 2.45) is 0 Å². The third-order valence-corrected chi connectivity index (χ3v) is 1.66. The van der Waals surface area contributed by atoms with Crippen molar-refractivity contribution in [3.05, 3.63) is 24.3 Å². The molecule has 0 amide bonds. The summed E-state index contributed by atoms with van der Waals surface area (Å²) in [5.41, 5.74) is 0. The fraction of sp³-hybridized carbons (Fsp3) is 0.364. The number of carbonyl (C=O) groups is 1.